The first kappa shape index (κ1) is 21.0. The number of anilines is 2. The fourth-order valence-electron chi connectivity index (χ4n) is 3.23. The number of rotatable bonds is 7. The number of carbonyl (C=O) groups excluding carboxylic acids is 2. The molecule has 1 N–H and O–H groups in total. The van der Waals surface area contributed by atoms with Crippen LogP contribution in [0, 0.1) is 0 Å². The molecule has 3 rings (SSSR count). The highest BCUT2D eigenvalue weighted by molar-refractivity contribution is 6.32. The van der Waals surface area contributed by atoms with Crippen molar-refractivity contribution < 1.29 is 19.1 Å². The van der Waals surface area contributed by atoms with Crippen LogP contribution in [0.4, 0.5) is 11.4 Å². The molecule has 1 aliphatic rings. The van der Waals surface area contributed by atoms with Gasteiger partial charge in [0.15, 0.2) is 11.5 Å². The summed E-state index contributed by atoms with van der Waals surface area (Å²) < 4.78 is 11.0. The number of hydrogen-bond acceptors (Lipinski definition) is 4. The number of carbonyl (C=O) groups is 2. The summed E-state index contributed by atoms with van der Waals surface area (Å²) >= 11 is 6.31. The molecule has 6 nitrogen and oxygen atoms in total. The van der Waals surface area contributed by atoms with E-state index < -0.39 is 0 Å². The first-order chi connectivity index (χ1) is 14.0. The molecule has 1 heterocycles. The topological polar surface area (TPSA) is 67.9 Å². The molecule has 0 radical (unpaired) electrons. The van der Waals surface area contributed by atoms with Gasteiger partial charge < -0.3 is 19.7 Å². The summed E-state index contributed by atoms with van der Waals surface area (Å²) in [5.41, 5.74) is 1.74. The third-order valence-corrected chi connectivity index (χ3v) is 4.96. The first-order valence-electron chi connectivity index (χ1n) is 9.75. The second kappa shape index (κ2) is 9.65. The Labute approximate surface area is 175 Å². The Balaban J connectivity index is 1.79. The lowest BCUT2D eigenvalue weighted by Crippen LogP contribution is -2.35. The van der Waals surface area contributed by atoms with Gasteiger partial charge in [-0.2, -0.15) is 0 Å². The van der Waals surface area contributed by atoms with Crippen LogP contribution in [0.15, 0.2) is 36.4 Å². The Morgan fingerprint density at radius 3 is 2.79 bits per heavy atom. The molecule has 0 saturated carbocycles. The van der Waals surface area contributed by atoms with Crippen LogP contribution >= 0.6 is 11.6 Å². The summed E-state index contributed by atoms with van der Waals surface area (Å²) in [6.45, 7) is 3.19. The van der Waals surface area contributed by atoms with E-state index in [-0.39, 0.29) is 11.8 Å². The Kier molecular flexibility index (Phi) is 6.99. The van der Waals surface area contributed by atoms with Crippen LogP contribution in [0.25, 0.3) is 0 Å². The number of amides is 2. The fraction of sp³-hybridized carbons (Fsp3) is 0.364. The lowest BCUT2D eigenvalue weighted by molar-refractivity contribution is -0.119. The maximum absolute atomic E-state index is 12.8. The minimum Gasteiger partial charge on any atom is -0.493 e. The van der Waals surface area contributed by atoms with E-state index in [1.54, 1.807) is 29.2 Å². The monoisotopic (exact) mass is 416 g/mol. The molecule has 0 bridgehead atoms. The number of benzene rings is 2. The molecule has 154 valence electrons. The SMILES string of the molecule is CCCOc1c(Cl)cc(C(=O)Nc2cccc(N3CCCCC3=O)c2)cc1OC. The molecule has 7 heteroatoms. The lowest BCUT2D eigenvalue weighted by atomic mass is 10.1. The fourth-order valence-corrected chi connectivity index (χ4v) is 3.49. The minimum atomic E-state index is -0.325. The lowest BCUT2D eigenvalue weighted by Gasteiger charge is -2.27. The van der Waals surface area contributed by atoms with Crippen molar-refractivity contribution in [3.63, 3.8) is 0 Å². The number of nitrogens with one attached hydrogen (secondary N) is 1. The molecule has 0 unspecified atom stereocenters. The summed E-state index contributed by atoms with van der Waals surface area (Å²) in [4.78, 5) is 26.7. The zero-order valence-corrected chi connectivity index (χ0v) is 17.4. The molecule has 29 heavy (non-hydrogen) atoms. The van der Waals surface area contributed by atoms with Gasteiger partial charge in [-0.05, 0) is 49.6 Å². The zero-order valence-electron chi connectivity index (χ0n) is 16.7. The zero-order chi connectivity index (χ0) is 20.8. The second-order valence-corrected chi connectivity index (χ2v) is 7.25. The number of halogens is 1. The number of hydrogen-bond donors (Lipinski definition) is 1. The van der Waals surface area contributed by atoms with Crippen molar-refractivity contribution >= 4 is 34.8 Å². The van der Waals surface area contributed by atoms with Crippen LogP contribution in [0.1, 0.15) is 43.0 Å². The van der Waals surface area contributed by atoms with Crippen molar-refractivity contribution in [2.45, 2.75) is 32.6 Å². The third kappa shape index (κ3) is 5.01. The molecule has 1 saturated heterocycles. The third-order valence-electron chi connectivity index (χ3n) is 4.68. The van der Waals surface area contributed by atoms with Crippen molar-refractivity contribution in [3.05, 3.63) is 47.0 Å². The molecule has 0 spiro atoms. The van der Waals surface area contributed by atoms with Crippen LogP contribution in [-0.2, 0) is 4.79 Å². The normalized spacial score (nSPS) is 13.9. The van der Waals surface area contributed by atoms with E-state index in [2.05, 4.69) is 5.32 Å². The van der Waals surface area contributed by atoms with Crippen LogP contribution in [0.3, 0.4) is 0 Å². The molecule has 1 aliphatic heterocycles. The summed E-state index contributed by atoms with van der Waals surface area (Å²) in [5.74, 6) is 0.621. The highest BCUT2D eigenvalue weighted by atomic mass is 35.5. The molecular weight excluding hydrogens is 392 g/mol. The van der Waals surface area contributed by atoms with Crippen LogP contribution < -0.4 is 19.7 Å². The van der Waals surface area contributed by atoms with Crippen LogP contribution in [0.5, 0.6) is 11.5 Å². The highest BCUT2D eigenvalue weighted by Gasteiger charge is 2.20. The predicted octanol–water partition coefficient (Wildman–Crippen LogP) is 4.91. The van der Waals surface area contributed by atoms with E-state index in [4.69, 9.17) is 21.1 Å². The quantitative estimate of drug-likeness (QED) is 0.696. The smallest absolute Gasteiger partial charge is 0.255 e. The van der Waals surface area contributed by atoms with Gasteiger partial charge in [-0.3, -0.25) is 9.59 Å². The average molecular weight is 417 g/mol. The summed E-state index contributed by atoms with van der Waals surface area (Å²) in [7, 11) is 1.51. The Morgan fingerprint density at radius 2 is 2.07 bits per heavy atom. The molecule has 0 aliphatic carbocycles. The van der Waals surface area contributed by atoms with Gasteiger partial charge in [0.2, 0.25) is 5.91 Å². The second-order valence-electron chi connectivity index (χ2n) is 6.84. The van der Waals surface area contributed by atoms with Crippen molar-refractivity contribution in [2.75, 3.05) is 30.5 Å². The maximum Gasteiger partial charge on any atom is 0.255 e. The maximum atomic E-state index is 12.8. The van der Waals surface area contributed by atoms with Crippen LogP contribution in [-0.4, -0.2) is 32.1 Å². The number of piperidine rings is 1. The van der Waals surface area contributed by atoms with E-state index in [0.29, 0.717) is 47.3 Å². The van der Waals surface area contributed by atoms with Crippen LogP contribution in [0.2, 0.25) is 5.02 Å². The van der Waals surface area contributed by atoms with Crippen molar-refractivity contribution in [1.82, 2.24) is 0 Å². The summed E-state index contributed by atoms with van der Waals surface area (Å²) in [6, 6.07) is 10.4. The van der Waals surface area contributed by atoms with Gasteiger partial charge in [-0.25, -0.2) is 0 Å². The number of nitrogens with zero attached hydrogens (tertiary/aromatic N) is 1. The van der Waals surface area contributed by atoms with Gasteiger partial charge in [0.1, 0.15) is 0 Å². The minimum absolute atomic E-state index is 0.110. The van der Waals surface area contributed by atoms with Gasteiger partial charge in [-0.15, -0.1) is 0 Å². The van der Waals surface area contributed by atoms with Gasteiger partial charge >= 0.3 is 0 Å². The largest absolute Gasteiger partial charge is 0.493 e. The number of ether oxygens (including phenoxy) is 2. The summed E-state index contributed by atoms with van der Waals surface area (Å²) in [6.07, 6.45) is 3.29. The van der Waals surface area contributed by atoms with Crippen molar-refractivity contribution in [3.8, 4) is 11.5 Å². The molecular formula is C22H25ClN2O4. The molecule has 0 atom stereocenters. The van der Waals surface area contributed by atoms with E-state index >= 15 is 0 Å². The predicted molar refractivity (Wildman–Crippen MR) is 114 cm³/mol. The van der Waals surface area contributed by atoms with Gasteiger partial charge in [0.25, 0.3) is 5.91 Å². The standard InChI is InChI=1S/C22H25ClN2O4/c1-3-11-29-21-18(23)12-15(13-19(21)28-2)22(27)24-16-7-6-8-17(14-16)25-10-5-4-9-20(25)26/h6-8,12-14H,3-5,9-11H2,1-2H3,(H,24,27). The average Bonchev–Trinajstić information content (AvgIpc) is 2.72. The van der Waals surface area contributed by atoms with E-state index in [1.165, 1.54) is 7.11 Å². The van der Waals surface area contributed by atoms with Crippen molar-refractivity contribution in [2.24, 2.45) is 0 Å². The Hall–Kier alpha value is -2.73. The Bertz CT molecular complexity index is 900. The van der Waals surface area contributed by atoms with Gasteiger partial charge in [-0.1, -0.05) is 24.6 Å². The first-order valence-corrected chi connectivity index (χ1v) is 10.1. The molecule has 2 amide bonds. The van der Waals surface area contributed by atoms with Gasteiger partial charge in [0.05, 0.1) is 18.7 Å². The van der Waals surface area contributed by atoms with Crippen molar-refractivity contribution in [1.29, 1.82) is 0 Å². The summed E-state index contributed by atoms with van der Waals surface area (Å²) in [5, 5.41) is 3.18. The highest BCUT2D eigenvalue weighted by Crippen LogP contribution is 2.36. The molecule has 2 aromatic carbocycles. The van der Waals surface area contributed by atoms with E-state index in [9.17, 15) is 9.59 Å². The molecule has 2 aromatic rings. The molecule has 1 fully saturated rings. The molecule has 0 aromatic heterocycles. The van der Waals surface area contributed by atoms with E-state index in [1.807, 2.05) is 19.1 Å². The number of methoxy groups -OCH3 is 1. The van der Waals surface area contributed by atoms with Gasteiger partial charge in [0, 0.05) is 29.9 Å². The Morgan fingerprint density at radius 1 is 1.24 bits per heavy atom. The van der Waals surface area contributed by atoms with E-state index in [0.717, 1.165) is 24.9 Å².